The van der Waals surface area contributed by atoms with Gasteiger partial charge in [-0.2, -0.15) is 0 Å². The predicted molar refractivity (Wildman–Crippen MR) is 91.1 cm³/mol. The van der Waals surface area contributed by atoms with Gasteiger partial charge >= 0.3 is 11.8 Å². The lowest BCUT2D eigenvalue weighted by molar-refractivity contribution is -0.139. The minimum Gasteiger partial charge on any atom is -0.388 e. The van der Waals surface area contributed by atoms with Gasteiger partial charge < -0.3 is 15.7 Å². The summed E-state index contributed by atoms with van der Waals surface area (Å²) >= 11 is 1.47. The second-order valence-electron chi connectivity index (χ2n) is 5.69. The highest BCUT2D eigenvalue weighted by atomic mass is 32.1. The molecule has 3 N–H and O–H groups in total. The van der Waals surface area contributed by atoms with Crippen molar-refractivity contribution in [2.45, 2.75) is 44.6 Å². The molecule has 126 valence electrons. The second kappa shape index (κ2) is 9.47. The lowest BCUT2D eigenvalue weighted by atomic mass is 9.97. The van der Waals surface area contributed by atoms with E-state index >= 15 is 0 Å². The Labute approximate surface area is 140 Å². The first-order chi connectivity index (χ1) is 11.2. The zero-order valence-electron chi connectivity index (χ0n) is 13.2. The van der Waals surface area contributed by atoms with Gasteiger partial charge in [-0.05, 0) is 50.0 Å². The number of carbonyl (C=O) groups excluding carboxylic acids is 2. The fraction of sp³-hybridized carbons (Fsp3) is 0.529. The van der Waals surface area contributed by atoms with Crippen molar-refractivity contribution in [2.75, 3.05) is 13.1 Å². The van der Waals surface area contributed by atoms with Gasteiger partial charge in [0, 0.05) is 18.0 Å². The molecule has 2 amide bonds. The first-order valence-corrected chi connectivity index (χ1v) is 9.00. The molecule has 1 heterocycles. The molecule has 6 heteroatoms. The number of hydrogen-bond donors (Lipinski definition) is 3. The molecule has 1 aromatic rings. The molecule has 5 nitrogen and oxygen atoms in total. The van der Waals surface area contributed by atoms with Crippen molar-refractivity contribution < 1.29 is 14.7 Å². The first kappa shape index (κ1) is 17.7. The Balaban J connectivity index is 1.59. The summed E-state index contributed by atoms with van der Waals surface area (Å²) in [7, 11) is 0. The van der Waals surface area contributed by atoms with Gasteiger partial charge in [-0.1, -0.05) is 17.7 Å². The highest BCUT2D eigenvalue weighted by Crippen LogP contribution is 2.21. The standard InChI is InChI=1S/C17H24N2O3S/c20-14(15-7-4-12-23-15)9-11-19-17(22)16(21)18-10-8-13-5-2-1-3-6-13/h4-5,7,12,14,20H,1-3,6,8-11H2,(H,18,21)(H,19,22)/t14-/m1/s1. The lowest BCUT2D eigenvalue weighted by Crippen LogP contribution is -2.40. The topological polar surface area (TPSA) is 78.4 Å². The number of nitrogens with one attached hydrogen (secondary N) is 2. The maximum absolute atomic E-state index is 11.7. The Hall–Kier alpha value is -1.66. The quantitative estimate of drug-likeness (QED) is 0.528. The van der Waals surface area contributed by atoms with Crippen LogP contribution in [-0.4, -0.2) is 30.0 Å². The van der Waals surface area contributed by atoms with Crippen LogP contribution in [0.2, 0.25) is 0 Å². The zero-order valence-corrected chi connectivity index (χ0v) is 14.0. The summed E-state index contributed by atoms with van der Waals surface area (Å²) in [5.41, 5.74) is 1.37. The maximum Gasteiger partial charge on any atom is 0.309 e. The molecule has 1 atom stereocenters. The third-order valence-corrected chi connectivity index (χ3v) is 4.87. The van der Waals surface area contributed by atoms with E-state index in [0.717, 1.165) is 24.1 Å². The van der Waals surface area contributed by atoms with Gasteiger partial charge in [-0.3, -0.25) is 9.59 Å². The minimum atomic E-state index is -0.638. The molecule has 1 aromatic heterocycles. The maximum atomic E-state index is 11.7. The van der Waals surface area contributed by atoms with Crippen molar-refractivity contribution >= 4 is 23.2 Å². The van der Waals surface area contributed by atoms with E-state index in [2.05, 4.69) is 16.7 Å². The second-order valence-corrected chi connectivity index (χ2v) is 6.67. The predicted octanol–water partition coefficient (Wildman–Crippen LogP) is 2.29. The average Bonchev–Trinajstić information content (AvgIpc) is 3.10. The molecular weight excluding hydrogens is 312 g/mol. The van der Waals surface area contributed by atoms with Gasteiger partial charge in [-0.25, -0.2) is 0 Å². The van der Waals surface area contributed by atoms with E-state index in [1.807, 2.05) is 17.5 Å². The molecule has 23 heavy (non-hydrogen) atoms. The highest BCUT2D eigenvalue weighted by Gasteiger charge is 2.14. The molecule has 0 bridgehead atoms. The molecule has 1 aliphatic rings. The number of thiophene rings is 1. The SMILES string of the molecule is O=C(NCCC1=CCCCC1)C(=O)NCC[C@@H](O)c1cccs1. The van der Waals surface area contributed by atoms with Crippen LogP contribution in [0.25, 0.3) is 0 Å². The molecule has 0 saturated carbocycles. The van der Waals surface area contributed by atoms with Crippen molar-refractivity contribution in [3.63, 3.8) is 0 Å². The Bertz CT molecular complexity index is 540. The van der Waals surface area contributed by atoms with E-state index in [1.165, 1.54) is 29.8 Å². The van der Waals surface area contributed by atoms with E-state index in [9.17, 15) is 14.7 Å². The van der Waals surface area contributed by atoms with Crippen LogP contribution in [0.1, 0.15) is 49.5 Å². The number of aliphatic hydroxyl groups excluding tert-OH is 1. The van der Waals surface area contributed by atoms with Gasteiger partial charge in [0.1, 0.15) is 0 Å². The number of aliphatic hydroxyl groups is 1. The summed E-state index contributed by atoms with van der Waals surface area (Å²) in [4.78, 5) is 24.2. The lowest BCUT2D eigenvalue weighted by Gasteiger charge is -2.13. The Morgan fingerprint density at radius 2 is 2.00 bits per heavy atom. The van der Waals surface area contributed by atoms with Gasteiger partial charge in [-0.15, -0.1) is 11.3 Å². The summed E-state index contributed by atoms with van der Waals surface area (Å²) in [5.74, 6) is -1.24. The smallest absolute Gasteiger partial charge is 0.309 e. The number of allylic oxidation sites excluding steroid dienone is 1. The molecule has 0 aromatic carbocycles. The average molecular weight is 336 g/mol. The van der Waals surface area contributed by atoms with Crippen LogP contribution in [0.5, 0.6) is 0 Å². The van der Waals surface area contributed by atoms with Gasteiger partial charge in [0.15, 0.2) is 0 Å². The largest absolute Gasteiger partial charge is 0.388 e. The first-order valence-electron chi connectivity index (χ1n) is 8.12. The summed E-state index contributed by atoms with van der Waals surface area (Å²) < 4.78 is 0. The molecular formula is C17H24N2O3S. The third kappa shape index (κ3) is 6.15. The Kier molecular flexibility index (Phi) is 7.29. The van der Waals surface area contributed by atoms with Crippen LogP contribution >= 0.6 is 11.3 Å². The summed E-state index contributed by atoms with van der Waals surface area (Å²) in [6, 6.07) is 3.72. The molecule has 0 fully saturated rings. The van der Waals surface area contributed by atoms with Crippen LogP contribution in [0.15, 0.2) is 29.2 Å². The normalized spacial score (nSPS) is 15.6. The fourth-order valence-electron chi connectivity index (χ4n) is 2.57. The van der Waals surface area contributed by atoms with E-state index < -0.39 is 17.9 Å². The van der Waals surface area contributed by atoms with Gasteiger partial charge in [0.25, 0.3) is 0 Å². The van der Waals surface area contributed by atoms with Crippen LogP contribution in [0.3, 0.4) is 0 Å². The number of rotatable bonds is 7. The molecule has 0 unspecified atom stereocenters. The zero-order chi connectivity index (χ0) is 16.5. The number of hydrogen-bond acceptors (Lipinski definition) is 4. The molecule has 0 saturated heterocycles. The molecule has 1 aliphatic carbocycles. The van der Waals surface area contributed by atoms with Crippen molar-refractivity contribution in [1.82, 2.24) is 10.6 Å². The molecule has 0 aliphatic heterocycles. The molecule has 0 radical (unpaired) electrons. The van der Waals surface area contributed by atoms with Crippen LogP contribution in [0, 0.1) is 0 Å². The molecule has 2 rings (SSSR count). The van der Waals surface area contributed by atoms with E-state index in [4.69, 9.17) is 0 Å². The minimum absolute atomic E-state index is 0.274. The summed E-state index contributed by atoms with van der Waals surface area (Å²) in [6.45, 7) is 0.770. The van der Waals surface area contributed by atoms with Crippen molar-refractivity contribution in [2.24, 2.45) is 0 Å². The third-order valence-electron chi connectivity index (χ3n) is 3.90. The molecule has 0 spiro atoms. The highest BCUT2D eigenvalue weighted by molar-refractivity contribution is 7.10. The monoisotopic (exact) mass is 336 g/mol. The summed E-state index contributed by atoms with van der Waals surface area (Å²) in [6.07, 6.45) is 7.53. The summed E-state index contributed by atoms with van der Waals surface area (Å²) in [5, 5.41) is 17.0. The van der Waals surface area contributed by atoms with Gasteiger partial charge in [0.05, 0.1) is 6.10 Å². The van der Waals surface area contributed by atoms with Gasteiger partial charge in [0.2, 0.25) is 0 Å². The van der Waals surface area contributed by atoms with Crippen LogP contribution < -0.4 is 10.6 Å². The van der Waals surface area contributed by atoms with E-state index in [0.29, 0.717) is 13.0 Å². The van der Waals surface area contributed by atoms with E-state index in [1.54, 1.807) is 0 Å². The Morgan fingerprint density at radius 3 is 2.65 bits per heavy atom. The van der Waals surface area contributed by atoms with Crippen molar-refractivity contribution in [1.29, 1.82) is 0 Å². The number of carbonyl (C=O) groups is 2. The number of amides is 2. The van der Waals surface area contributed by atoms with E-state index in [-0.39, 0.29) is 6.54 Å². The Morgan fingerprint density at radius 1 is 1.22 bits per heavy atom. The van der Waals surface area contributed by atoms with Crippen molar-refractivity contribution in [3.8, 4) is 0 Å². The van der Waals surface area contributed by atoms with Crippen LogP contribution in [0.4, 0.5) is 0 Å². The van der Waals surface area contributed by atoms with Crippen LogP contribution in [-0.2, 0) is 9.59 Å². The van der Waals surface area contributed by atoms with Crippen molar-refractivity contribution in [3.05, 3.63) is 34.0 Å². The fourth-order valence-corrected chi connectivity index (χ4v) is 3.32.